The van der Waals surface area contributed by atoms with Gasteiger partial charge >= 0.3 is 11.8 Å². The molecular weight excluding hydrogens is 356 g/mol. The first kappa shape index (κ1) is 17.6. The molecule has 2 rings (SSSR count). The lowest BCUT2D eigenvalue weighted by atomic mass is 10.4. The Balaban J connectivity index is 2.72. The second-order valence-electron chi connectivity index (χ2n) is 4.50. The molecule has 2 aromatic rings. The molecule has 0 bridgehead atoms. The Hall–Kier alpha value is -2.72. The summed E-state index contributed by atoms with van der Waals surface area (Å²) in [6.07, 6.45) is 0. The number of benzene rings is 2. The molecule has 0 fully saturated rings. The molecule has 8 nitrogen and oxygen atoms in total. The summed E-state index contributed by atoms with van der Waals surface area (Å²) in [4.78, 5) is 22.2. The SMILES string of the molecule is NC(=O)C(=O)N(S(=O)(=O)c1ccccc1)S(=O)(=O)c1ccccc1. The Morgan fingerprint density at radius 1 is 0.708 bits per heavy atom. The minimum Gasteiger partial charge on any atom is -0.361 e. The Kier molecular flexibility index (Phi) is 4.71. The van der Waals surface area contributed by atoms with Crippen LogP contribution < -0.4 is 5.73 Å². The molecule has 0 spiro atoms. The summed E-state index contributed by atoms with van der Waals surface area (Å²) in [7, 11) is -9.71. The molecule has 10 heteroatoms. The van der Waals surface area contributed by atoms with Gasteiger partial charge in [0.05, 0.1) is 9.79 Å². The van der Waals surface area contributed by atoms with Gasteiger partial charge in [-0.05, 0) is 24.3 Å². The maximum atomic E-state index is 12.6. The molecule has 0 saturated carbocycles. The Morgan fingerprint density at radius 3 is 1.33 bits per heavy atom. The number of rotatable bonds is 4. The van der Waals surface area contributed by atoms with E-state index in [4.69, 9.17) is 5.73 Å². The average molecular weight is 368 g/mol. The van der Waals surface area contributed by atoms with Gasteiger partial charge in [-0.1, -0.05) is 36.4 Å². The molecule has 0 heterocycles. The van der Waals surface area contributed by atoms with Gasteiger partial charge in [-0.3, -0.25) is 9.59 Å². The van der Waals surface area contributed by atoms with Crippen LogP contribution in [-0.2, 0) is 29.6 Å². The van der Waals surface area contributed by atoms with Crippen LogP contribution in [0.5, 0.6) is 0 Å². The van der Waals surface area contributed by atoms with Crippen LogP contribution in [0, 0.1) is 0 Å². The van der Waals surface area contributed by atoms with E-state index in [1.165, 1.54) is 36.4 Å². The largest absolute Gasteiger partial charge is 0.361 e. The van der Waals surface area contributed by atoms with Crippen LogP contribution in [0.1, 0.15) is 0 Å². The smallest absolute Gasteiger partial charge is 0.339 e. The predicted octanol–water partition coefficient (Wildman–Crippen LogP) is 0.0781. The van der Waals surface area contributed by atoms with E-state index in [0.29, 0.717) is 0 Å². The van der Waals surface area contributed by atoms with Crippen molar-refractivity contribution in [1.82, 2.24) is 3.71 Å². The fraction of sp³-hybridized carbons (Fsp3) is 0. The minimum atomic E-state index is -4.86. The number of nitrogens with zero attached hydrogens (tertiary/aromatic N) is 1. The van der Waals surface area contributed by atoms with E-state index in [9.17, 15) is 26.4 Å². The van der Waals surface area contributed by atoms with Crippen LogP contribution in [0.25, 0.3) is 0 Å². The highest BCUT2D eigenvalue weighted by Crippen LogP contribution is 2.24. The Bertz CT molecular complexity index is 901. The summed E-state index contributed by atoms with van der Waals surface area (Å²) in [6.45, 7) is 0. The highest BCUT2D eigenvalue weighted by atomic mass is 32.3. The monoisotopic (exact) mass is 368 g/mol. The molecule has 2 amide bonds. The van der Waals surface area contributed by atoms with E-state index in [1.807, 2.05) is 0 Å². The topological polar surface area (TPSA) is 132 Å². The normalized spacial score (nSPS) is 11.7. The van der Waals surface area contributed by atoms with Crippen molar-refractivity contribution in [2.45, 2.75) is 9.79 Å². The van der Waals surface area contributed by atoms with Crippen LogP contribution in [0.15, 0.2) is 70.5 Å². The van der Waals surface area contributed by atoms with Gasteiger partial charge in [0.15, 0.2) is 0 Å². The lowest BCUT2D eigenvalue weighted by molar-refractivity contribution is -0.138. The highest BCUT2D eigenvalue weighted by molar-refractivity contribution is 8.05. The molecular formula is C14H12N2O6S2. The standard InChI is InChI=1S/C14H12N2O6S2/c15-13(17)14(18)16(23(19,20)11-7-3-1-4-8-11)24(21,22)12-9-5-2-6-10-12/h1-10H,(H2,15,17). The quantitative estimate of drug-likeness (QED) is 0.760. The number of carbonyl (C=O) groups is 2. The van der Waals surface area contributed by atoms with Gasteiger partial charge < -0.3 is 5.73 Å². The maximum absolute atomic E-state index is 12.6. The summed E-state index contributed by atoms with van der Waals surface area (Å²) in [5.74, 6) is -3.59. The van der Waals surface area contributed by atoms with E-state index >= 15 is 0 Å². The first-order valence-electron chi connectivity index (χ1n) is 6.43. The van der Waals surface area contributed by atoms with E-state index in [1.54, 1.807) is 0 Å². The molecule has 0 radical (unpaired) electrons. The van der Waals surface area contributed by atoms with E-state index in [-0.39, 0.29) is 0 Å². The number of sulfonamides is 2. The molecule has 0 aliphatic heterocycles. The second-order valence-corrected chi connectivity index (χ2v) is 8.31. The number of hydrogen-bond acceptors (Lipinski definition) is 6. The Labute approximate surface area is 138 Å². The predicted molar refractivity (Wildman–Crippen MR) is 83.3 cm³/mol. The first-order valence-corrected chi connectivity index (χ1v) is 9.31. The molecule has 0 atom stereocenters. The zero-order chi connectivity index (χ0) is 18.0. The molecule has 2 N–H and O–H groups in total. The zero-order valence-corrected chi connectivity index (χ0v) is 13.7. The molecule has 0 unspecified atom stereocenters. The van der Waals surface area contributed by atoms with Crippen LogP contribution in [-0.4, -0.2) is 32.4 Å². The lowest BCUT2D eigenvalue weighted by Gasteiger charge is -2.20. The first-order chi connectivity index (χ1) is 11.2. The van der Waals surface area contributed by atoms with Crippen molar-refractivity contribution in [1.29, 1.82) is 0 Å². The highest BCUT2D eigenvalue weighted by Gasteiger charge is 2.42. The summed E-state index contributed by atoms with van der Waals surface area (Å²) in [5, 5.41) is 0. The van der Waals surface area contributed by atoms with Crippen LogP contribution >= 0.6 is 0 Å². The van der Waals surface area contributed by atoms with Crippen molar-refractivity contribution < 1.29 is 26.4 Å². The molecule has 0 aromatic heterocycles. The molecule has 0 saturated heterocycles. The van der Waals surface area contributed by atoms with Crippen molar-refractivity contribution in [2.75, 3.05) is 0 Å². The minimum absolute atomic E-state index is 0.473. The third kappa shape index (κ3) is 3.14. The molecule has 0 aliphatic carbocycles. The third-order valence-electron chi connectivity index (χ3n) is 2.90. The van der Waals surface area contributed by atoms with Gasteiger partial charge in [0.25, 0.3) is 20.0 Å². The zero-order valence-electron chi connectivity index (χ0n) is 12.1. The summed E-state index contributed by atoms with van der Waals surface area (Å²) >= 11 is 0. The van der Waals surface area contributed by atoms with E-state index < -0.39 is 45.4 Å². The molecule has 126 valence electrons. The number of amides is 2. The maximum Gasteiger partial charge on any atom is 0.339 e. The molecule has 0 aliphatic rings. The lowest BCUT2D eigenvalue weighted by Crippen LogP contribution is -2.47. The summed E-state index contributed by atoms with van der Waals surface area (Å²) in [5.41, 5.74) is 4.83. The van der Waals surface area contributed by atoms with Gasteiger partial charge in [0.2, 0.25) is 0 Å². The van der Waals surface area contributed by atoms with Crippen molar-refractivity contribution >= 4 is 31.9 Å². The number of nitrogens with two attached hydrogens (primary N) is 1. The van der Waals surface area contributed by atoms with E-state index in [2.05, 4.69) is 0 Å². The van der Waals surface area contributed by atoms with Crippen molar-refractivity contribution in [3.8, 4) is 0 Å². The van der Waals surface area contributed by atoms with Crippen LogP contribution in [0.2, 0.25) is 0 Å². The van der Waals surface area contributed by atoms with Gasteiger partial charge in [0.1, 0.15) is 0 Å². The second kappa shape index (κ2) is 6.42. The number of hydrogen-bond donors (Lipinski definition) is 1. The Morgan fingerprint density at radius 2 is 1.04 bits per heavy atom. The van der Waals surface area contributed by atoms with Gasteiger partial charge in [-0.2, -0.15) is 16.8 Å². The number of primary amides is 1. The molecule has 2 aromatic carbocycles. The third-order valence-corrected chi connectivity index (χ3v) is 7.01. The average Bonchev–Trinajstić information content (AvgIpc) is 2.56. The number of carbonyl (C=O) groups excluding carboxylic acids is 2. The van der Waals surface area contributed by atoms with Gasteiger partial charge in [-0.15, -0.1) is 3.71 Å². The fourth-order valence-electron chi connectivity index (χ4n) is 1.81. The van der Waals surface area contributed by atoms with Gasteiger partial charge in [0, 0.05) is 0 Å². The summed E-state index contributed by atoms with van der Waals surface area (Å²) < 4.78 is 50.0. The summed E-state index contributed by atoms with van der Waals surface area (Å²) in [6, 6.07) is 12.8. The fourth-order valence-corrected chi connectivity index (χ4v) is 5.37. The van der Waals surface area contributed by atoms with Gasteiger partial charge in [-0.25, -0.2) is 0 Å². The van der Waals surface area contributed by atoms with Crippen molar-refractivity contribution in [3.05, 3.63) is 60.7 Å². The van der Waals surface area contributed by atoms with Crippen molar-refractivity contribution in [3.63, 3.8) is 0 Å². The molecule has 24 heavy (non-hydrogen) atoms. The van der Waals surface area contributed by atoms with Crippen molar-refractivity contribution in [2.24, 2.45) is 5.73 Å². The van der Waals surface area contributed by atoms with Crippen LogP contribution in [0.3, 0.4) is 0 Å². The van der Waals surface area contributed by atoms with Crippen LogP contribution in [0.4, 0.5) is 0 Å². The van der Waals surface area contributed by atoms with E-state index in [0.717, 1.165) is 24.3 Å².